The number of aromatic nitrogens is 2. The number of nitrogens with zero attached hydrogens (tertiary/aromatic N) is 3. The topological polar surface area (TPSA) is 84.8 Å². The maximum atomic E-state index is 8.83. The molecule has 5 heteroatoms. The molecule has 0 radical (unpaired) electrons. The monoisotopic (exact) mass is 212 g/mol. The minimum atomic E-state index is 0.176. The van der Waals surface area contributed by atoms with Gasteiger partial charge in [0.1, 0.15) is 17.4 Å². The number of hydrogen-bond donors (Lipinski definition) is 1. The van der Waals surface area contributed by atoms with E-state index in [1.807, 2.05) is 6.07 Å². The van der Waals surface area contributed by atoms with Gasteiger partial charge in [0.05, 0.1) is 6.20 Å². The van der Waals surface area contributed by atoms with Crippen LogP contribution < -0.4 is 10.5 Å². The number of ether oxygens (including phenoxy) is 1. The zero-order chi connectivity index (χ0) is 11.4. The first-order valence-corrected chi connectivity index (χ1v) is 4.55. The van der Waals surface area contributed by atoms with E-state index in [0.717, 1.165) is 0 Å². The van der Waals surface area contributed by atoms with Gasteiger partial charge in [0.2, 0.25) is 0 Å². The number of nitrogens with two attached hydrogens (primary N) is 1. The maximum Gasteiger partial charge on any atom is 0.256 e. The van der Waals surface area contributed by atoms with Gasteiger partial charge in [0.25, 0.3) is 5.88 Å². The third-order valence-corrected chi connectivity index (χ3v) is 1.88. The Bertz CT molecular complexity index is 548. The van der Waals surface area contributed by atoms with Gasteiger partial charge in [-0.15, -0.1) is 5.10 Å². The average molecular weight is 212 g/mol. The van der Waals surface area contributed by atoms with Crippen molar-refractivity contribution in [1.29, 1.82) is 5.26 Å². The van der Waals surface area contributed by atoms with Crippen LogP contribution >= 0.6 is 0 Å². The second-order valence-electron chi connectivity index (χ2n) is 3.04. The molecule has 2 rings (SSSR count). The van der Waals surface area contributed by atoms with Crippen molar-refractivity contribution < 1.29 is 4.74 Å². The molecule has 78 valence electrons. The zero-order valence-corrected chi connectivity index (χ0v) is 8.29. The first-order valence-electron chi connectivity index (χ1n) is 4.55. The SMILES string of the molecule is N#Cc1ccnnc1Oc1cccc(N)c1. The molecule has 0 aliphatic rings. The number of hydrogen-bond acceptors (Lipinski definition) is 5. The Labute approximate surface area is 92.1 Å². The number of nitrogen functional groups attached to an aromatic ring is 1. The van der Waals surface area contributed by atoms with E-state index in [9.17, 15) is 0 Å². The molecule has 0 aliphatic heterocycles. The number of nitriles is 1. The Morgan fingerprint density at radius 1 is 1.31 bits per heavy atom. The summed E-state index contributed by atoms with van der Waals surface area (Å²) in [6.45, 7) is 0. The van der Waals surface area contributed by atoms with Gasteiger partial charge in [0.15, 0.2) is 0 Å². The van der Waals surface area contributed by atoms with Crippen LogP contribution in [-0.4, -0.2) is 10.2 Å². The number of benzene rings is 1. The lowest BCUT2D eigenvalue weighted by Gasteiger charge is -2.05. The Morgan fingerprint density at radius 2 is 2.19 bits per heavy atom. The zero-order valence-electron chi connectivity index (χ0n) is 8.29. The van der Waals surface area contributed by atoms with E-state index in [1.54, 1.807) is 24.3 Å². The molecular weight excluding hydrogens is 204 g/mol. The van der Waals surface area contributed by atoms with Crippen LogP contribution in [0.3, 0.4) is 0 Å². The Morgan fingerprint density at radius 3 is 2.94 bits per heavy atom. The van der Waals surface area contributed by atoms with E-state index in [-0.39, 0.29) is 5.88 Å². The summed E-state index contributed by atoms with van der Waals surface area (Å²) in [5, 5.41) is 16.2. The second-order valence-corrected chi connectivity index (χ2v) is 3.04. The van der Waals surface area contributed by atoms with Crippen LogP contribution in [0.25, 0.3) is 0 Å². The highest BCUT2D eigenvalue weighted by atomic mass is 16.5. The molecule has 1 heterocycles. The van der Waals surface area contributed by atoms with Crippen LogP contribution in [0.1, 0.15) is 5.56 Å². The summed E-state index contributed by atoms with van der Waals surface area (Å²) in [6.07, 6.45) is 1.44. The lowest BCUT2D eigenvalue weighted by Crippen LogP contribution is -1.94. The predicted molar refractivity (Wildman–Crippen MR) is 57.7 cm³/mol. The minimum Gasteiger partial charge on any atom is -0.436 e. The first-order chi connectivity index (χ1) is 7.79. The molecular formula is C11H8N4O. The van der Waals surface area contributed by atoms with Crippen molar-refractivity contribution in [3.8, 4) is 17.7 Å². The molecule has 0 atom stereocenters. The molecule has 2 N–H and O–H groups in total. The van der Waals surface area contributed by atoms with Crippen LogP contribution in [-0.2, 0) is 0 Å². The fraction of sp³-hybridized carbons (Fsp3) is 0. The average Bonchev–Trinajstić information content (AvgIpc) is 2.30. The van der Waals surface area contributed by atoms with E-state index in [4.69, 9.17) is 15.7 Å². The first kappa shape index (κ1) is 9.93. The van der Waals surface area contributed by atoms with E-state index < -0.39 is 0 Å². The second kappa shape index (κ2) is 4.28. The number of anilines is 1. The Balaban J connectivity index is 2.31. The van der Waals surface area contributed by atoms with Crippen molar-refractivity contribution in [3.05, 3.63) is 42.1 Å². The summed E-state index contributed by atoms with van der Waals surface area (Å²) in [5.74, 6) is 0.701. The molecule has 5 nitrogen and oxygen atoms in total. The van der Waals surface area contributed by atoms with E-state index in [2.05, 4.69) is 10.2 Å². The molecule has 0 unspecified atom stereocenters. The molecule has 0 saturated carbocycles. The Hall–Kier alpha value is -2.61. The van der Waals surface area contributed by atoms with E-state index >= 15 is 0 Å². The standard InChI is InChI=1S/C11H8N4O/c12-7-8-4-5-14-15-11(8)16-10-3-1-2-9(13)6-10/h1-6H,13H2. The van der Waals surface area contributed by atoms with Crippen LogP contribution in [0.15, 0.2) is 36.5 Å². The lowest BCUT2D eigenvalue weighted by molar-refractivity contribution is 0.453. The highest BCUT2D eigenvalue weighted by Crippen LogP contribution is 2.23. The van der Waals surface area contributed by atoms with E-state index in [0.29, 0.717) is 17.0 Å². The number of rotatable bonds is 2. The van der Waals surface area contributed by atoms with Gasteiger partial charge in [0, 0.05) is 11.8 Å². The summed E-state index contributed by atoms with van der Waals surface area (Å²) < 4.78 is 5.41. The molecule has 0 saturated heterocycles. The van der Waals surface area contributed by atoms with E-state index in [1.165, 1.54) is 12.3 Å². The summed E-state index contributed by atoms with van der Waals surface area (Å²) in [4.78, 5) is 0. The van der Waals surface area contributed by atoms with Crippen molar-refractivity contribution in [2.45, 2.75) is 0 Å². The summed E-state index contributed by atoms with van der Waals surface area (Å²) in [6, 6.07) is 10.4. The van der Waals surface area contributed by atoms with Crippen LogP contribution in [0, 0.1) is 11.3 Å². The van der Waals surface area contributed by atoms with Gasteiger partial charge < -0.3 is 10.5 Å². The maximum absolute atomic E-state index is 8.83. The van der Waals surface area contributed by atoms with Gasteiger partial charge in [-0.1, -0.05) is 6.07 Å². The molecule has 1 aromatic carbocycles. The molecule has 0 fully saturated rings. The smallest absolute Gasteiger partial charge is 0.256 e. The molecule has 1 aromatic heterocycles. The molecule has 0 bridgehead atoms. The van der Waals surface area contributed by atoms with Gasteiger partial charge in [-0.2, -0.15) is 10.4 Å². The van der Waals surface area contributed by atoms with Crippen molar-refractivity contribution in [1.82, 2.24) is 10.2 Å². The molecule has 2 aromatic rings. The minimum absolute atomic E-state index is 0.176. The molecule has 0 spiro atoms. The van der Waals surface area contributed by atoms with Crippen molar-refractivity contribution >= 4 is 5.69 Å². The summed E-state index contributed by atoms with van der Waals surface area (Å²) in [7, 11) is 0. The largest absolute Gasteiger partial charge is 0.436 e. The molecule has 16 heavy (non-hydrogen) atoms. The van der Waals surface area contributed by atoms with Crippen LogP contribution in [0.2, 0.25) is 0 Å². The highest BCUT2D eigenvalue weighted by molar-refractivity contribution is 5.46. The van der Waals surface area contributed by atoms with Gasteiger partial charge in [-0.3, -0.25) is 0 Å². The van der Waals surface area contributed by atoms with Gasteiger partial charge in [-0.25, -0.2) is 0 Å². The van der Waals surface area contributed by atoms with Crippen LogP contribution in [0.4, 0.5) is 5.69 Å². The normalized spacial score (nSPS) is 9.44. The predicted octanol–water partition coefficient (Wildman–Crippen LogP) is 1.72. The van der Waals surface area contributed by atoms with Crippen LogP contribution in [0.5, 0.6) is 11.6 Å². The summed E-state index contributed by atoms with van der Waals surface area (Å²) in [5.41, 5.74) is 6.52. The van der Waals surface area contributed by atoms with Gasteiger partial charge >= 0.3 is 0 Å². The van der Waals surface area contributed by atoms with Crippen molar-refractivity contribution in [2.75, 3.05) is 5.73 Å². The summed E-state index contributed by atoms with van der Waals surface area (Å²) >= 11 is 0. The molecule has 0 aliphatic carbocycles. The third-order valence-electron chi connectivity index (χ3n) is 1.88. The highest BCUT2D eigenvalue weighted by Gasteiger charge is 2.05. The third kappa shape index (κ3) is 2.07. The van der Waals surface area contributed by atoms with Gasteiger partial charge in [-0.05, 0) is 18.2 Å². The Kier molecular flexibility index (Phi) is 2.65. The lowest BCUT2D eigenvalue weighted by atomic mass is 10.3. The van der Waals surface area contributed by atoms with Crippen molar-refractivity contribution in [3.63, 3.8) is 0 Å². The fourth-order valence-electron chi connectivity index (χ4n) is 1.17. The van der Waals surface area contributed by atoms with Crippen molar-refractivity contribution in [2.24, 2.45) is 0 Å². The fourth-order valence-corrected chi connectivity index (χ4v) is 1.17. The molecule has 0 amide bonds. The quantitative estimate of drug-likeness (QED) is 0.766.